The lowest BCUT2D eigenvalue weighted by molar-refractivity contribution is -0.124. The largest absolute Gasteiger partial charge is 0.373 e. The first kappa shape index (κ1) is 37.4. The smallest absolute Gasteiger partial charge is 0.269 e. The number of rotatable bonds is 16. The molecule has 2 saturated carbocycles. The molecule has 52 heavy (non-hydrogen) atoms. The van der Waals surface area contributed by atoms with Gasteiger partial charge in [0.15, 0.2) is 0 Å². The Morgan fingerprint density at radius 2 is 1.29 bits per heavy atom. The second-order valence-electron chi connectivity index (χ2n) is 14.2. The molecule has 10 nitrogen and oxygen atoms in total. The highest BCUT2D eigenvalue weighted by Crippen LogP contribution is 2.25. The Bertz CT molecular complexity index is 1680. The lowest BCUT2D eigenvalue weighted by atomic mass is 9.92. The molecule has 0 spiro atoms. The fourth-order valence-electron chi connectivity index (χ4n) is 7.27. The number of carbonyl (C=O) groups excluding carboxylic acids is 2. The van der Waals surface area contributed by atoms with Crippen LogP contribution in [0.2, 0.25) is 0 Å². The van der Waals surface area contributed by atoms with Crippen LogP contribution < -0.4 is 16.0 Å². The molecule has 3 aromatic carbocycles. The van der Waals surface area contributed by atoms with Crippen molar-refractivity contribution in [3.05, 3.63) is 125 Å². The Labute approximate surface area is 307 Å². The number of carbonyl (C=O) groups is 2. The Kier molecular flexibility index (Phi) is 13.6. The molecule has 1 heterocycles. The Balaban J connectivity index is 1.14. The van der Waals surface area contributed by atoms with Gasteiger partial charge in [0.1, 0.15) is 24.2 Å². The first-order valence-electron chi connectivity index (χ1n) is 18.9. The van der Waals surface area contributed by atoms with Gasteiger partial charge in [-0.2, -0.15) is 5.10 Å². The van der Waals surface area contributed by atoms with Crippen LogP contribution in [0.3, 0.4) is 0 Å². The molecular formula is C42H53N5O5. The van der Waals surface area contributed by atoms with Gasteiger partial charge in [-0.05, 0) is 54.4 Å². The Morgan fingerprint density at radius 1 is 0.769 bits per heavy atom. The number of hydrogen-bond donors (Lipinski definition) is 4. The maximum absolute atomic E-state index is 14.0. The minimum absolute atomic E-state index is 0.106. The van der Waals surface area contributed by atoms with Gasteiger partial charge in [0, 0.05) is 6.54 Å². The molecule has 4 N–H and O–H groups in total. The van der Waals surface area contributed by atoms with Crippen molar-refractivity contribution in [1.82, 2.24) is 25.7 Å². The van der Waals surface area contributed by atoms with Crippen molar-refractivity contribution in [1.29, 1.82) is 0 Å². The normalized spacial score (nSPS) is 21.6. The summed E-state index contributed by atoms with van der Waals surface area (Å²) in [7, 11) is 0. The van der Waals surface area contributed by atoms with E-state index in [9.17, 15) is 14.7 Å². The van der Waals surface area contributed by atoms with Gasteiger partial charge in [-0.1, -0.05) is 124 Å². The zero-order valence-corrected chi connectivity index (χ0v) is 30.2. The van der Waals surface area contributed by atoms with Crippen LogP contribution in [-0.4, -0.2) is 57.5 Å². The monoisotopic (exact) mass is 707 g/mol. The van der Waals surface area contributed by atoms with Crippen LogP contribution in [0.1, 0.15) is 103 Å². The molecule has 3 unspecified atom stereocenters. The standard InChI is InChI=1S/C42H53N5O5/c1-30(33-19-9-4-10-20-33)26-43-41(49)36-25-37(42(50)45-35-22-12-14-24-39(35)52-29-32-17-7-3-8-18-32)47(46-36)27-40(48)44-34-21-11-13-23-38(34)51-28-31-15-5-2-6-16-31/h2-10,15-20,25,30,34-35,38-39,41,43,49H,11-14,21-24,26-29H2,1H3,(H,44,48)(H,45,50)/t30?,34-,35?,38-,39-,41?/m0/s1. The highest BCUT2D eigenvalue weighted by atomic mass is 16.5. The molecule has 276 valence electrons. The minimum Gasteiger partial charge on any atom is -0.373 e. The van der Waals surface area contributed by atoms with Gasteiger partial charge >= 0.3 is 0 Å². The first-order valence-corrected chi connectivity index (χ1v) is 18.9. The summed E-state index contributed by atoms with van der Waals surface area (Å²) in [4.78, 5) is 27.6. The van der Waals surface area contributed by atoms with Gasteiger partial charge in [0.05, 0.1) is 37.5 Å². The molecule has 2 fully saturated rings. The molecule has 6 atom stereocenters. The van der Waals surface area contributed by atoms with Crippen molar-refractivity contribution in [3.63, 3.8) is 0 Å². The van der Waals surface area contributed by atoms with Crippen LogP contribution in [0.15, 0.2) is 97.1 Å². The molecule has 6 rings (SSSR count). The molecule has 2 aliphatic carbocycles. The van der Waals surface area contributed by atoms with Gasteiger partial charge in [-0.3, -0.25) is 19.6 Å². The van der Waals surface area contributed by atoms with Gasteiger partial charge in [-0.25, -0.2) is 0 Å². The summed E-state index contributed by atoms with van der Waals surface area (Å²) < 4.78 is 14.0. The van der Waals surface area contributed by atoms with Crippen molar-refractivity contribution < 1.29 is 24.2 Å². The third-order valence-electron chi connectivity index (χ3n) is 10.3. The minimum atomic E-state index is -1.13. The lowest BCUT2D eigenvalue weighted by Crippen LogP contribution is -2.48. The van der Waals surface area contributed by atoms with Gasteiger partial charge in [0.2, 0.25) is 5.91 Å². The van der Waals surface area contributed by atoms with E-state index in [2.05, 4.69) is 40.1 Å². The molecule has 0 aliphatic heterocycles. The van der Waals surface area contributed by atoms with Crippen LogP contribution in [0.4, 0.5) is 0 Å². The third-order valence-corrected chi connectivity index (χ3v) is 10.3. The van der Waals surface area contributed by atoms with Crippen molar-refractivity contribution in [3.8, 4) is 0 Å². The molecule has 0 saturated heterocycles. The summed E-state index contributed by atoms with van der Waals surface area (Å²) in [6.45, 7) is 3.36. The second-order valence-corrected chi connectivity index (χ2v) is 14.2. The van der Waals surface area contributed by atoms with E-state index in [-0.39, 0.29) is 60.0 Å². The zero-order chi connectivity index (χ0) is 36.1. The van der Waals surface area contributed by atoms with Crippen LogP contribution in [0, 0.1) is 0 Å². The van der Waals surface area contributed by atoms with E-state index in [4.69, 9.17) is 9.47 Å². The van der Waals surface area contributed by atoms with E-state index in [1.807, 2.05) is 78.9 Å². The summed E-state index contributed by atoms with van der Waals surface area (Å²) in [5.41, 5.74) is 3.82. The Hall–Kier alpha value is -4.35. The molecular weight excluding hydrogens is 654 g/mol. The second kappa shape index (κ2) is 18.9. The predicted octanol–water partition coefficient (Wildman–Crippen LogP) is 6.17. The predicted molar refractivity (Wildman–Crippen MR) is 200 cm³/mol. The van der Waals surface area contributed by atoms with E-state index in [1.54, 1.807) is 6.07 Å². The van der Waals surface area contributed by atoms with Crippen molar-refractivity contribution in [2.75, 3.05) is 6.54 Å². The molecule has 2 amide bonds. The fraction of sp³-hybridized carbons (Fsp3) is 0.452. The van der Waals surface area contributed by atoms with Crippen LogP contribution in [-0.2, 0) is 34.0 Å². The van der Waals surface area contributed by atoms with Gasteiger partial charge in [0.25, 0.3) is 5.91 Å². The molecule has 2 aliphatic rings. The van der Waals surface area contributed by atoms with Crippen LogP contribution in [0.25, 0.3) is 0 Å². The molecule has 1 aromatic heterocycles. The molecule has 0 radical (unpaired) electrons. The summed E-state index contributed by atoms with van der Waals surface area (Å²) in [5, 5.41) is 25.4. The summed E-state index contributed by atoms with van der Waals surface area (Å²) in [6.07, 6.45) is 6.02. The van der Waals surface area contributed by atoms with Crippen LogP contribution >= 0.6 is 0 Å². The van der Waals surface area contributed by atoms with Crippen molar-refractivity contribution in [2.45, 2.75) is 114 Å². The zero-order valence-electron chi connectivity index (χ0n) is 30.2. The first-order chi connectivity index (χ1) is 25.4. The quantitative estimate of drug-likeness (QED) is 0.103. The van der Waals surface area contributed by atoms with Gasteiger partial charge in [-0.15, -0.1) is 0 Å². The Morgan fingerprint density at radius 3 is 1.87 bits per heavy atom. The number of hydrogen-bond acceptors (Lipinski definition) is 7. The fourth-order valence-corrected chi connectivity index (χ4v) is 7.27. The van der Waals surface area contributed by atoms with E-state index >= 15 is 0 Å². The number of amides is 2. The topological polar surface area (TPSA) is 127 Å². The molecule has 0 bridgehead atoms. The number of benzene rings is 3. The van der Waals surface area contributed by atoms with E-state index in [0.717, 1.165) is 68.1 Å². The van der Waals surface area contributed by atoms with Crippen LogP contribution in [0.5, 0.6) is 0 Å². The summed E-state index contributed by atoms with van der Waals surface area (Å²) >= 11 is 0. The van der Waals surface area contributed by atoms with Crippen molar-refractivity contribution >= 4 is 11.8 Å². The van der Waals surface area contributed by atoms with E-state index < -0.39 is 6.23 Å². The van der Waals surface area contributed by atoms with E-state index in [0.29, 0.717) is 19.8 Å². The number of nitrogens with zero attached hydrogens (tertiary/aromatic N) is 2. The lowest BCUT2D eigenvalue weighted by Gasteiger charge is -2.32. The SMILES string of the molecule is CC(CNC(O)c1cc(C(=O)NC2CCCC[C@@H]2OCc2ccccc2)n(CC(=O)N[C@H]2CCCC[C@@H]2OCc2ccccc2)n1)c1ccccc1. The molecule has 10 heteroatoms. The number of aliphatic hydroxyl groups excluding tert-OH is 1. The number of aromatic nitrogens is 2. The number of ether oxygens (including phenoxy) is 2. The van der Waals surface area contributed by atoms with E-state index in [1.165, 1.54) is 4.68 Å². The maximum Gasteiger partial charge on any atom is 0.269 e. The van der Waals surface area contributed by atoms with Gasteiger partial charge < -0.3 is 25.2 Å². The summed E-state index contributed by atoms with van der Waals surface area (Å²) in [5.74, 6) is -0.470. The van der Waals surface area contributed by atoms with Crippen molar-refractivity contribution in [2.24, 2.45) is 0 Å². The third kappa shape index (κ3) is 10.6. The maximum atomic E-state index is 14.0. The highest BCUT2D eigenvalue weighted by Gasteiger charge is 2.31. The number of nitrogens with one attached hydrogen (secondary N) is 3. The number of aliphatic hydroxyl groups is 1. The average Bonchev–Trinajstić information content (AvgIpc) is 3.61. The molecule has 4 aromatic rings. The highest BCUT2D eigenvalue weighted by molar-refractivity contribution is 5.93. The average molecular weight is 708 g/mol. The summed E-state index contributed by atoms with van der Waals surface area (Å²) in [6, 6.07) is 31.4.